The number of aryl methyl sites for hydroxylation is 2. The number of fused-ring (bicyclic) bond motifs is 1. The van der Waals surface area contributed by atoms with Gasteiger partial charge in [0.15, 0.2) is 5.82 Å². The molecule has 4 rings (SSSR count). The van der Waals surface area contributed by atoms with Crippen LogP contribution in [-0.4, -0.2) is 29.2 Å². The van der Waals surface area contributed by atoms with Gasteiger partial charge in [0.25, 0.3) is 5.91 Å². The number of pyridine rings is 2. The fourth-order valence-corrected chi connectivity index (χ4v) is 3.54. The third-order valence-electron chi connectivity index (χ3n) is 4.90. The summed E-state index contributed by atoms with van der Waals surface area (Å²) < 4.78 is 43.5. The molecule has 160 valence electrons. The Hall–Kier alpha value is -3.82. The number of rotatable bonds is 4. The van der Waals surface area contributed by atoms with Gasteiger partial charge in [-0.15, -0.1) is 0 Å². The van der Waals surface area contributed by atoms with Crippen LogP contribution < -0.4 is 20.1 Å². The molecule has 0 radical (unpaired) electrons. The SMILES string of the molecule is Cc1cc(F)ccc1N1CN(c2ccc(=O)[nH]c2C)C(=O)c2ccc(OC(F)F)nc21. The Morgan fingerprint density at radius 2 is 1.77 bits per heavy atom. The molecule has 0 atom stereocenters. The first kappa shape index (κ1) is 20.5. The summed E-state index contributed by atoms with van der Waals surface area (Å²) in [6.07, 6.45) is 0. The van der Waals surface area contributed by atoms with Crippen LogP contribution >= 0.6 is 0 Å². The summed E-state index contributed by atoms with van der Waals surface area (Å²) in [5.41, 5.74) is 1.86. The summed E-state index contributed by atoms with van der Waals surface area (Å²) in [5, 5.41) is 0. The molecular weight excluding hydrogens is 413 g/mol. The minimum absolute atomic E-state index is 0.0453. The van der Waals surface area contributed by atoms with Crippen molar-refractivity contribution in [2.45, 2.75) is 20.5 Å². The number of aromatic nitrogens is 2. The molecule has 3 heterocycles. The fraction of sp³-hybridized carbons (Fsp3) is 0.190. The lowest BCUT2D eigenvalue weighted by atomic mass is 10.1. The van der Waals surface area contributed by atoms with E-state index in [0.29, 0.717) is 22.6 Å². The molecule has 2 aromatic heterocycles. The summed E-state index contributed by atoms with van der Waals surface area (Å²) in [4.78, 5) is 34.6. The Kier molecular flexibility index (Phi) is 5.14. The third-order valence-corrected chi connectivity index (χ3v) is 4.90. The van der Waals surface area contributed by atoms with Crippen LogP contribution in [0.15, 0.2) is 47.3 Å². The Labute approximate surface area is 174 Å². The normalized spacial score (nSPS) is 13.5. The van der Waals surface area contributed by atoms with E-state index in [1.807, 2.05) is 0 Å². The van der Waals surface area contributed by atoms with E-state index in [1.54, 1.807) is 18.7 Å². The van der Waals surface area contributed by atoms with Gasteiger partial charge >= 0.3 is 6.61 Å². The number of hydrogen-bond donors (Lipinski definition) is 1. The molecule has 0 saturated carbocycles. The maximum Gasteiger partial charge on any atom is 0.388 e. The molecule has 0 unspecified atom stereocenters. The van der Waals surface area contributed by atoms with Crippen LogP contribution in [0.1, 0.15) is 21.6 Å². The number of anilines is 3. The molecule has 0 saturated heterocycles. The molecule has 3 aromatic rings. The van der Waals surface area contributed by atoms with Gasteiger partial charge in [-0.1, -0.05) is 0 Å². The zero-order valence-electron chi connectivity index (χ0n) is 16.5. The summed E-state index contributed by atoms with van der Waals surface area (Å²) >= 11 is 0. The van der Waals surface area contributed by atoms with Crippen molar-refractivity contribution in [1.82, 2.24) is 9.97 Å². The highest BCUT2D eigenvalue weighted by molar-refractivity contribution is 6.12. The molecule has 1 N–H and O–H groups in total. The van der Waals surface area contributed by atoms with Crippen LogP contribution in [0.4, 0.5) is 30.4 Å². The number of alkyl halides is 2. The summed E-state index contributed by atoms with van der Waals surface area (Å²) in [6.45, 7) is 0.219. The van der Waals surface area contributed by atoms with E-state index in [-0.39, 0.29) is 29.5 Å². The minimum Gasteiger partial charge on any atom is -0.417 e. The summed E-state index contributed by atoms with van der Waals surface area (Å²) in [6, 6.07) is 9.45. The van der Waals surface area contributed by atoms with Crippen molar-refractivity contribution in [3.05, 3.63) is 75.5 Å². The van der Waals surface area contributed by atoms with Crippen LogP contribution in [-0.2, 0) is 0 Å². The fourth-order valence-electron chi connectivity index (χ4n) is 3.54. The van der Waals surface area contributed by atoms with E-state index >= 15 is 0 Å². The number of carbonyl (C=O) groups excluding carboxylic acids is 1. The predicted octanol–water partition coefficient (Wildman–Crippen LogP) is 3.88. The second-order valence-corrected chi connectivity index (χ2v) is 6.97. The van der Waals surface area contributed by atoms with Crippen molar-refractivity contribution in [2.24, 2.45) is 0 Å². The molecule has 0 fully saturated rings. The first-order valence-electron chi connectivity index (χ1n) is 9.26. The van der Waals surface area contributed by atoms with Crippen molar-refractivity contribution in [1.29, 1.82) is 0 Å². The number of aromatic amines is 1. The Bertz CT molecular complexity index is 1230. The van der Waals surface area contributed by atoms with Gasteiger partial charge in [0.2, 0.25) is 11.4 Å². The summed E-state index contributed by atoms with van der Waals surface area (Å²) in [7, 11) is 0. The van der Waals surface area contributed by atoms with Gasteiger partial charge in [-0.05, 0) is 49.7 Å². The van der Waals surface area contributed by atoms with Crippen molar-refractivity contribution >= 4 is 23.1 Å². The molecule has 1 aliphatic rings. The lowest BCUT2D eigenvalue weighted by molar-refractivity contribution is -0.0527. The molecule has 0 spiro atoms. The molecule has 1 amide bonds. The van der Waals surface area contributed by atoms with E-state index in [9.17, 15) is 22.8 Å². The first-order valence-corrected chi connectivity index (χ1v) is 9.26. The largest absolute Gasteiger partial charge is 0.417 e. The van der Waals surface area contributed by atoms with Crippen molar-refractivity contribution < 1.29 is 22.7 Å². The second kappa shape index (κ2) is 7.78. The van der Waals surface area contributed by atoms with Crippen LogP contribution in [0.2, 0.25) is 0 Å². The van der Waals surface area contributed by atoms with E-state index in [2.05, 4.69) is 14.7 Å². The van der Waals surface area contributed by atoms with Crippen LogP contribution in [0.25, 0.3) is 0 Å². The topological polar surface area (TPSA) is 78.5 Å². The maximum absolute atomic E-state index is 13.7. The quantitative estimate of drug-likeness (QED) is 0.680. The number of ether oxygens (including phenoxy) is 1. The molecule has 1 aromatic carbocycles. The minimum atomic E-state index is -3.08. The summed E-state index contributed by atoms with van der Waals surface area (Å²) in [5.74, 6) is -1.11. The highest BCUT2D eigenvalue weighted by atomic mass is 19.3. The van der Waals surface area contributed by atoms with Gasteiger partial charge in [-0.3, -0.25) is 14.5 Å². The van der Waals surface area contributed by atoms with Crippen LogP contribution in [0, 0.1) is 19.7 Å². The molecule has 10 heteroatoms. The van der Waals surface area contributed by atoms with Crippen LogP contribution in [0.5, 0.6) is 5.88 Å². The number of nitrogens with zero attached hydrogens (tertiary/aromatic N) is 3. The van der Waals surface area contributed by atoms with Gasteiger partial charge in [0.05, 0.1) is 11.3 Å². The highest BCUT2D eigenvalue weighted by Crippen LogP contribution is 2.37. The number of nitrogens with one attached hydrogen (secondary N) is 1. The lowest BCUT2D eigenvalue weighted by Crippen LogP contribution is -2.46. The van der Waals surface area contributed by atoms with E-state index in [4.69, 9.17) is 0 Å². The van der Waals surface area contributed by atoms with Gasteiger partial charge in [-0.2, -0.15) is 13.8 Å². The molecule has 0 bridgehead atoms. The molecular formula is C21H17F3N4O3. The van der Waals surface area contributed by atoms with Gasteiger partial charge < -0.3 is 14.6 Å². The average Bonchev–Trinajstić information content (AvgIpc) is 2.69. The monoisotopic (exact) mass is 430 g/mol. The number of carbonyl (C=O) groups is 1. The number of amides is 1. The highest BCUT2D eigenvalue weighted by Gasteiger charge is 2.34. The van der Waals surface area contributed by atoms with Gasteiger partial charge in [0, 0.05) is 23.5 Å². The van der Waals surface area contributed by atoms with Gasteiger partial charge in [0.1, 0.15) is 12.5 Å². The first-order chi connectivity index (χ1) is 14.7. The zero-order valence-corrected chi connectivity index (χ0v) is 16.5. The molecule has 1 aliphatic heterocycles. The average molecular weight is 430 g/mol. The third kappa shape index (κ3) is 3.83. The van der Waals surface area contributed by atoms with Crippen molar-refractivity contribution in [2.75, 3.05) is 16.5 Å². The zero-order chi connectivity index (χ0) is 22.3. The Morgan fingerprint density at radius 3 is 2.45 bits per heavy atom. The molecule has 0 aliphatic carbocycles. The maximum atomic E-state index is 13.7. The second-order valence-electron chi connectivity index (χ2n) is 6.97. The standard InChI is InChI=1S/C21H17F3N4O3/c1-11-9-13(22)3-5-15(11)27-10-28(16-6-7-17(29)25-12(16)2)20(30)14-4-8-18(26-19(14)27)31-21(23)24/h3-9,21H,10H2,1-2H3,(H,25,29). The predicted molar refractivity (Wildman–Crippen MR) is 108 cm³/mol. The number of hydrogen-bond acceptors (Lipinski definition) is 5. The van der Waals surface area contributed by atoms with E-state index in [1.165, 1.54) is 47.4 Å². The molecule has 31 heavy (non-hydrogen) atoms. The lowest BCUT2D eigenvalue weighted by Gasteiger charge is -2.38. The number of H-pyrrole nitrogens is 1. The number of benzene rings is 1. The van der Waals surface area contributed by atoms with E-state index in [0.717, 1.165) is 0 Å². The van der Waals surface area contributed by atoms with Crippen molar-refractivity contribution in [3.8, 4) is 5.88 Å². The van der Waals surface area contributed by atoms with E-state index < -0.39 is 18.3 Å². The molecule has 7 nitrogen and oxygen atoms in total. The Balaban J connectivity index is 1.88. The van der Waals surface area contributed by atoms with Crippen LogP contribution in [0.3, 0.4) is 0 Å². The van der Waals surface area contributed by atoms with Gasteiger partial charge in [-0.25, -0.2) is 4.39 Å². The Morgan fingerprint density at radius 1 is 1.03 bits per heavy atom. The smallest absolute Gasteiger partial charge is 0.388 e. The number of halogens is 3. The van der Waals surface area contributed by atoms with Crippen molar-refractivity contribution in [3.63, 3.8) is 0 Å².